The molecule has 1 aliphatic carbocycles. The Bertz CT molecular complexity index is 1600. The van der Waals surface area contributed by atoms with Crippen molar-refractivity contribution >= 4 is 28.8 Å². The van der Waals surface area contributed by atoms with Crippen LogP contribution in [0.4, 0.5) is 17.1 Å². The number of carbonyl (C=O) groups is 2. The third-order valence-corrected chi connectivity index (χ3v) is 7.42. The molecule has 0 bridgehead atoms. The lowest BCUT2D eigenvalue weighted by Crippen LogP contribution is -2.38. The normalized spacial score (nSPS) is 18.5. The van der Waals surface area contributed by atoms with Crippen molar-refractivity contribution in [1.82, 2.24) is 0 Å². The maximum Gasteiger partial charge on any atom is 0.269 e. The van der Waals surface area contributed by atoms with E-state index in [1.54, 1.807) is 41.3 Å². The van der Waals surface area contributed by atoms with Gasteiger partial charge in [-0.25, -0.2) is 0 Å². The number of fused-ring (bicyclic) bond motifs is 1. The zero-order valence-electron chi connectivity index (χ0n) is 21.0. The summed E-state index contributed by atoms with van der Waals surface area (Å²) in [5.41, 5.74) is 4.77. The minimum Gasteiger partial charge on any atom is -0.357 e. The van der Waals surface area contributed by atoms with Crippen LogP contribution in [0.5, 0.6) is 0 Å². The van der Waals surface area contributed by atoms with Crippen LogP contribution in [0.15, 0.2) is 120 Å². The Morgan fingerprint density at radius 3 is 2.13 bits per heavy atom. The first-order valence-electron chi connectivity index (χ1n) is 12.8. The smallest absolute Gasteiger partial charge is 0.269 e. The van der Waals surface area contributed by atoms with Crippen molar-refractivity contribution in [3.8, 4) is 0 Å². The summed E-state index contributed by atoms with van der Waals surface area (Å²) in [6.45, 7) is 0. The van der Waals surface area contributed by atoms with Gasteiger partial charge in [-0.1, -0.05) is 60.7 Å². The van der Waals surface area contributed by atoms with Gasteiger partial charge < -0.3 is 5.32 Å². The lowest BCUT2D eigenvalue weighted by molar-refractivity contribution is -0.384. The summed E-state index contributed by atoms with van der Waals surface area (Å²) < 4.78 is 0. The average molecular weight is 516 g/mol. The van der Waals surface area contributed by atoms with E-state index in [1.165, 1.54) is 12.1 Å². The molecule has 1 N–H and O–H groups in total. The van der Waals surface area contributed by atoms with E-state index in [0.717, 1.165) is 16.9 Å². The van der Waals surface area contributed by atoms with Gasteiger partial charge in [0.25, 0.3) is 11.6 Å². The van der Waals surface area contributed by atoms with Crippen LogP contribution < -0.4 is 10.2 Å². The minimum atomic E-state index is -0.770. The number of hydrogen-bond acceptors (Lipinski definition) is 5. The first kappa shape index (κ1) is 24.3. The van der Waals surface area contributed by atoms with Gasteiger partial charge in [0.2, 0.25) is 0 Å². The number of nitrogens with one attached hydrogen (secondary N) is 1. The Labute approximate surface area is 225 Å². The Morgan fingerprint density at radius 2 is 1.44 bits per heavy atom. The SMILES string of the molecule is O=C1C[C@H](c2ccccc2)CC2=C1[C@@H](c1ccc([N+](=O)[O-])cc1)N(C(=O)c1ccccc1)c1ccccc1N2. The van der Waals surface area contributed by atoms with E-state index in [1.807, 2.05) is 60.7 Å². The van der Waals surface area contributed by atoms with Crippen LogP contribution in [0.1, 0.15) is 46.3 Å². The molecule has 0 saturated heterocycles. The third kappa shape index (κ3) is 4.48. The molecule has 0 fully saturated rings. The first-order valence-corrected chi connectivity index (χ1v) is 12.8. The molecule has 4 aromatic carbocycles. The van der Waals surface area contributed by atoms with E-state index in [2.05, 4.69) is 5.32 Å². The van der Waals surface area contributed by atoms with Gasteiger partial charge in [-0.05, 0) is 59.9 Å². The quantitative estimate of drug-likeness (QED) is 0.238. The molecular formula is C32H25N3O4. The number of carbonyl (C=O) groups excluding carboxylic acids is 2. The van der Waals surface area contributed by atoms with E-state index >= 15 is 0 Å². The number of ketones is 1. The highest BCUT2D eigenvalue weighted by atomic mass is 16.6. The maximum absolute atomic E-state index is 14.2. The average Bonchev–Trinajstić information content (AvgIpc) is 3.12. The molecule has 0 aromatic heterocycles. The van der Waals surface area contributed by atoms with Gasteiger partial charge in [0.1, 0.15) is 0 Å². The highest BCUT2D eigenvalue weighted by Gasteiger charge is 2.42. The number of anilines is 2. The second kappa shape index (κ2) is 10.0. The monoisotopic (exact) mass is 515 g/mol. The van der Waals surface area contributed by atoms with Crippen molar-refractivity contribution in [2.24, 2.45) is 0 Å². The first-order chi connectivity index (χ1) is 19.0. The van der Waals surface area contributed by atoms with E-state index in [9.17, 15) is 19.7 Å². The Kier molecular flexibility index (Phi) is 6.25. The highest BCUT2D eigenvalue weighted by Crippen LogP contribution is 2.48. The largest absolute Gasteiger partial charge is 0.357 e. The van der Waals surface area contributed by atoms with Crippen LogP contribution in [0.25, 0.3) is 0 Å². The Morgan fingerprint density at radius 1 is 0.795 bits per heavy atom. The summed E-state index contributed by atoms with van der Waals surface area (Å²) in [5, 5.41) is 14.9. The number of hydrogen-bond donors (Lipinski definition) is 1. The Hall–Kier alpha value is -5.04. The van der Waals surface area contributed by atoms with Crippen molar-refractivity contribution < 1.29 is 14.5 Å². The lowest BCUT2D eigenvalue weighted by Gasteiger charge is -2.35. The molecule has 0 radical (unpaired) electrons. The number of nitrogens with zero attached hydrogens (tertiary/aromatic N) is 2. The molecule has 0 unspecified atom stereocenters. The van der Waals surface area contributed by atoms with Crippen molar-refractivity contribution in [3.05, 3.63) is 147 Å². The molecule has 1 heterocycles. The zero-order chi connectivity index (χ0) is 26.9. The molecule has 192 valence electrons. The number of nitro groups is 1. The molecule has 2 aliphatic rings. The molecular weight excluding hydrogens is 490 g/mol. The standard InChI is InChI=1S/C32H25N3O4/c36-29-20-24(21-9-3-1-4-10-21)19-27-30(29)31(22-15-17-25(18-16-22)35(38)39)34(28-14-8-7-13-26(28)33-27)32(37)23-11-5-2-6-12-23/h1-18,24,31,33H,19-20H2/t24-,31-/m1/s1. The number of amides is 1. The highest BCUT2D eigenvalue weighted by molar-refractivity contribution is 6.12. The lowest BCUT2D eigenvalue weighted by atomic mass is 9.78. The van der Waals surface area contributed by atoms with Gasteiger partial charge in [0.15, 0.2) is 5.78 Å². The summed E-state index contributed by atoms with van der Waals surface area (Å²) in [6.07, 6.45) is 0.897. The van der Waals surface area contributed by atoms with Gasteiger partial charge >= 0.3 is 0 Å². The van der Waals surface area contributed by atoms with E-state index < -0.39 is 11.0 Å². The Balaban J connectivity index is 1.57. The van der Waals surface area contributed by atoms with Crippen LogP contribution in [-0.4, -0.2) is 16.6 Å². The fourth-order valence-corrected chi connectivity index (χ4v) is 5.59. The summed E-state index contributed by atoms with van der Waals surface area (Å²) in [5.74, 6) is -0.328. The number of benzene rings is 4. The molecule has 7 heteroatoms. The molecule has 1 amide bonds. The maximum atomic E-state index is 14.2. The molecule has 0 spiro atoms. The summed E-state index contributed by atoms with van der Waals surface area (Å²) in [6, 6.07) is 31.8. The van der Waals surface area contributed by atoms with Gasteiger partial charge in [0.05, 0.1) is 22.3 Å². The molecule has 0 saturated carbocycles. The summed E-state index contributed by atoms with van der Waals surface area (Å²) in [7, 11) is 0. The molecule has 4 aromatic rings. The topological polar surface area (TPSA) is 92.5 Å². The minimum absolute atomic E-state index is 0.00834. The van der Waals surface area contributed by atoms with Crippen molar-refractivity contribution in [2.75, 3.05) is 10.2 Å². The fourth-order valence-electron chi connectivity index (χ4n) is 5.59. The summed E-state index contributed by atoms with van der Waals surface area (Å²) in [4.78, 5) is 40.8. The molecule has 2 atom stereocenters. The molecule has 7 nitrogen and oxygen atoms in total. The predicted molar refractivity (Wildman–Crippen MR) is 150 cm³/mol. The summed E-state index contributed by atoms with van der Waals surface area (Å²) >= 11 is 0. The number of para-hydroxylation sites is 2. The second-order valence-corrected chi connectivity index (χ2v) is 9.77. The fraction of sp³-hybridized carbons (Fsp3) is 0.125. The number of nitro benzene ring substituents is 1. The number of rotatable bonds is 4. The second-order valence-electron chi connectivity index (χ2n) is 9.77. The van der Waals surface area contributed by atoms with Crippen LogP contribution >= 0.6 is 0 Å². The van der Waals surface area contributed by atoms with Crippen LogP contribution in [0.2, 0.25) is 0 Å². The van der Waals surface area contributed by atoms with Gasteiger partial charge in [-0.15, -0.1) is 0 Å². The molecule has 6 rings (SSSR count). The van der Waals surface area contributed by atoms with Gasteiger partial charge in [0, 0.05) is 35.4 Å². The van der Waals surface area contributed by atoms with Gasteiger partial charge in [-0.2, -0.15) is 0 Å². The third-order valence-electron chi connectivity index (χ3n) is 7.42. The predicted octanol–water partition coefficient (Wildman–Crippen LogP) is 6.81. The van der Waals surface area contributed by atoms with Crippen LogP contribution in [0.3, 0.4) is 0 Å². The number of Topliss-reactive ketones (excluding diaryl/α,β-unsaturated/α-hetero) is 1. The molecule has 1 aliphatic heterocycles. The van der Waals surface area contributed by atoms with Crippen molar-refractivity contribution in [3.63, 3.8) is 0 Å². The van der Waals surface area contributed by atoms with E-state index in [4.69, 9.17) is 0 Å². The van der Waals surface area contributed by atoms with Crippen molar-refractivity contribution in [2.45, 2.75) is 24.8 Å². The van der Waals surface area contributed by atoms with E-state index in [-0.39, 0.29) is 23.3 Å². The van der Waals surface area contributed by atoms with Crippen LogP contribution in [-0.2, 0) is 4.79 Å². The van der Waals surface area contributed by atoms with E-state index in [0.29, 0.717) is 35.2 Å². The zero-order valence-corrected chi connectivity index (χ0v) is 21.0. The van der Waals surface area contributed by atoms with Crippen molar-refractivity contribution in [1.29, 1.82) is 0 Å². The molecule has 39 heavy (non-hydrogen) atoms. The van der Waals surface area contributed by atoms with Crippen LogP contribution in [0, 0.1) is 10.1 Å². The number of allylic oxidation sites excluding steroid dienone is 1. The van der Waals surface area contributed by atoms with Gasteiger partial charge in [-0.3, -0.25) is 24.6 Å². The number of non-ortho nitro benzene ring substituents is 1.